The van der Waals surface area contributed by atoms with Crippen LogP contribution in [0.2, 0.25) is 0 Å². The second kappa shape index (κ2) is 4.85. The summed E-state index contributed by atoms with van der Waals surface area (Å²) >= 11 is 0. The summed E-state index contributed by atoms with van der Waals surface area (Å²) in [5.74, 6) is 0.00690. The van der Waals surface area contributed by atoms with E-state index in [1.165, 1.54) is 5.56 Å². The van der Waals surface area contributed by atoms with Crippen LogP contribution >= 0.6 is 12.4 Å². The second-order valence-corrected chi connectivity index (χ2v) is 4.18. The molecule has 1 aromatic carbocycles. The van der Waals surface area contributed by atoms with Crippen LogP contribution in [0.3, 0.4) is 0 Å². The molecule has 0 spiro atoms. The van der Waals surface area contributed by atoms with Crippen LogP contribution in [-0.2, 0) is 11.2 Å². The third-order valence-corrected chi connectivity index (χ3v) is 2.83. The van der Waals surface area contributed by atoms with Crippen molar-refractivity contribution < 1.29 is 4.79 Å². The molecule has 0 radical (unpaired) electrons. The molecule has 88 valence electrons. The van der Waals surface area contributed by atoms with E-state index < -0.39 is 6.04 Å². The van der Waals surface area contributed by atoms with E-state index in [4.69, 9.17) is 5.73 Å². The predicted octanol–water partition coefficient (Wildman–Crippen LogP) is 1.73. The Morgan fingerprint density at radius 3 is 2.75 bits per heavy atom. The maximum Gasteiger partial charge on any atom is 0.243 e. The molecule has 2 atom stereocenters. The smallest absolute Gasteiger partial charge is 0.243 e. The Balaban J connectivity index is 0.00000128. The highest BCUT2D eigenvalue weighted by atomic mass is 35.5. The van der Waals surface area contributed by atoms with Crippen molar-refractivity contribution in [3.63, 3.8) is 0 Å². The molecule has 1 aliphatic heterocycles. The number of carbonyl (C=O) groups excluding carboxylic acids is 1. The minimum Gasteiger partial charge on any atom is -0.320 e. The number of fused-ring (bicyclic) bond motifs is 1. The highest BCUT2D eigenvalue weighted by Gasteiger charge is 2.31. The van der Waals surface area contributed by atoms with Gasteiger partial charge in [-0.15, -0.1) is 12.4 Å². The van der Waals surface area contributed by atoms with Gasteiger partial charge >= 0.3 is 0 Å². The summed E-state index contributed by atoms with van der Waals surface area (Å²) in [6.07, 6.45) is 0.925. The number of nitrogens with two attached hydrogens (primary N) is 1. The van der Waals surface area contributed by atoms with Gasteiger partial charge in [-0.05, 0) is 31.9 Å². The zero-order chi connectivity index (χ0) is 11.0. The number of carbonyl (C=O) groups is 1. The Hall–Kier alpha value is -1.06. The fourth-order valence-corrected chi connectivity index (χ4v) is 2.12. The van der Waals surface area contributed by atoms with Crippen molar-refractivity contribution in [2.75, 3.05) is 4.90 Å². The van der Waals surface area contributed by atoms with Gasteiger partial charge in [0.1, 0.15) is 0 Å². The number of hydrogen-bond acceptors (Lipinski definition) is 2. The summed E-state index contributed by atoms with van der Waals surface area (Å²) in [5.41, 5.74) is 7.90. The fourth-order valence-electron chi connectivity index (χ4n) is 2.12. The zero-order valence-corrected chi connectivity index (χ0v) is 10.3. The molecule has 0 aliphatic carbocycles. The molecule has 1 heterocycles. The van der Waals surface area contributed by atoms with Gasteiger partial charge < -0.3 is 10.6 Å². The van der Waals surface area contributed by atoms with Crippen LogP contribution < -0.4 is 10.6 Å². The van der Waals surface area contributed by atoms with E-state index in [-0.39, 0.29) is 24.4 Å². The SMILES string of the molecule is C[C@@H]1Cc2ccccc2N1C(=O)[C@@H](C)N.Cl. The fraction of sp³-hybridized carbons (Fsp3) is 0.417. The molecule has 3 nitrogen and oxygen atoms in total. The number of amides is 1. The summed E-state index contributed by atoms with van der Waals surface area (Å²) in [6, 6.07) is 7.81. The van der Waals surface area contributed by atoms with Crippen LogP contribution in [0.4, 0.5) is 5.69 Å². The number of hydrogen-bond donors (Lipinski definition) is 1. The summed E-state index contributed by atoms with van der Waals surface area (Å²) in [4.78, 5) is 13.7. The third kappa shape index (κ3) is 2.06. The van der Waals surface area contributed by atoms with Crippen molar-refractivity contribution in [2.45, 2.75) is 32.4 Å². The average molecular weight is 241 g/mol. The summed E-state index contributed by atoms with van der Waals surface area (Å²) < 4.78 is 0. The Morgan fingerprint density at radius 1 is 1.50 bits per heavy atom. The van der Waals surface area contributed by atoms with Gasteiger partial charge in [0.25, 0.3) is 0 Å². The van der Waals surface area contributed by atoms with Crippen molar-refractivity contribution in [3.05, 3.63) is 29.8 Å². The molecule has 2 N–H and O–H groups in total. The molecule has 0 bridgehead atoms. The number of para-hydroxylation sites is 1. The highest BCUT2D eigenvalue weighted by molar-refractivity contribution is 5.99. The average Bonchev–Trinajstić information content (AvgIpc) is 2.52. The minimum absolute atomic E-state index is 0. The monoisotopic (exact) mass is 240 g/mol. The number of rotatable bonds is 1. The van der Waals surface area contributed by atoms with Gasteiger partial charge in [0, 0.05) is 11.7 Å². The van der Waals surface area contributed by atoms with Crippen molar-refractivity contribution in [1.29, 1.82) is 0 Å². The van der Waals surface area contributed by atoms with Gasteiger partial charge in [-0.3, -0.25) is 4.79 Å². The Labute approximate surface area is 102 Å². The van der Waals surface area contributed by atoms with Crippen LogP contribution in [0.1, 0.15) is 19.4 Å². The molecule has 1 amide bonds. The topological polar surface area (TPSA) is 46.3 Å². The standard InChI is InChI=1S/C12H16N2O.ClH/c1-8-7-10-5-3-4-6-11(10)14(8)12(15)9(2)13;/h3-6,8-9H,7,13H2,1-2H3;1H/t8-,9-;/m1./s1. The van der Waals surface area contributed by atoms with Crippen LogP contribution in [0.15, 0.2) is 24.3 Å². The molecule has 1 aliphatic rings. The van der Waals surface area contributed by atoms with Crippen molar-refractivity contribution in [3.8, 4) is 0 Å². The lowest BCUT2D eigenvalue weighted by Crippen LogP contribution is -2.45. The summed E-state index contributed by atoms with van der Waals surface area (Å²) in [5, 5.41) is 0. The van der Waals surface area contributed by atoms with E-state index in [0.29, 0.717) is 0 Å². The van der Waals surface area contributed by atoms with E-state index in [1.807, 2.05) is 23.1 Å². The highest BCUT2D eigenvalue weighted by Crippen LogP contribution is 2.31. The van der Waals surface area contributed by atoms with Crippen LogP contribution in [-0.4, -0.2) is 18.0 Å². The van der Waals surface area contributed by atoms with Crippen molar-refractivity contribution in [2.24, 2.45) is 5.73 Å². The molecule has 0 saturated carbocycles. The van der Waals surface area contributed by atoms with E-state index >= 15 is 0 Å². The molecular weight excluding hydrogens is 224 g/mol. The van der Waals surface area contributed by atoms with Crippen LogP contribution in [0.5, 0.6) is 0 Å². The molecule has 2 rings (SSSR count). The van der Waals surface area contributed by atoms with Gasteiger partial charge in [0.2, 0.25) is 5.91 Å². The largest absolute Gasteiger partial charge is 0.320 e. The van der Waals surface area contributed by atoms with Crippen LogP contribution in [0, 0.1) is 0 Å². The first kappa shape index (κ1) is 13.0. The maximum absolute atomic E-state index is 11.9. The van der Waals surface area contributed by atoms with Gasteiger partial charge in [0.05, 0.1) is 6.04 Å². The lowest BCUT2D eigenvalue weighted by molar-refractivity contribution is -0.119. The Kier molecular flexibility index (Phi) is 3.94. The predicted molar refractivity (Wildman–Crippen MR) is 68.0 cm³/mol. The van der Waals surface area contributed by atoms with Crippen molar-refractivity contribution >= 4 is 24.0 Å². The maximum atomic E-state index is 11.9. The molecule has 0 unspecified atom stereocenters. The summed E-state index contributed by atoms with van der Waals surface area (Å²) in [6.45, 7) is 3.79. The lowest BCUT2D eigenvalue weighted by atomic mass is 10.1. The minimum atomic E-state index is -0.432. The number of nitrogens with zero attached hydrogens (tertiary/aromatic N) is 1. The number of anilines is 1. The van der Waals surface area contributed by atoms with Gasteiger partial charge in [-0.2, -0.15) is 0 Å². The van der Waals surface area contributed by atoms with Crippen molar-refractivity contribution in [1.82, 2.24) is 0 Å². The first-order valence-electron chi connectivity index (χ1n) is 5.28. The first-order chi connectivity index (χ1) is 7.11. The second-order valence-electron chi connectivity index (χ2n) is 4.18. The van der Waals surface area contributed by atoms with Gasteiger partial charge in [0.15, 0.2) is 0 Å². The lowest BCUT2D eigenvalue weighted by Gasteiger charge is -2.24. The quantitative estimate of drug-likeness (QED) is 0.813. The molecule has 4 heteroatoms. The normalized spacial score (nSPS) is 19.9. The molecule has 0 aromatic heterocycles. The van der Waals surface area contributed by atoms with Gasteiger partial charge in [-0.25, -0.2) is 0 Å². The molecule has 1 aromatic rings. The third-order valence-electron chi connectivity index (χ3n) is 2.83. The molecule has 16 heavy (non-hydrogen) atoms. The number of benzene rings is 1. The molecule has 0 saturated heterocycles. The zero-order valence-electron chi connectivity index (χ0n) is 9.51. The first-order valence-corrected chi connectivity index (χ1v) is 5.28. The molecule has 0 fully saturated rings. The van der Waals surface area contributed by atoms with Gasteiger partial charge in [-0.1, -0.05) is 18.2 Å². The molecular formula is C12H17ClN2O. The van der Waals surface area contributed by atoms with Crippen LogP contribution in [0.25, 0.3) is 0 Å². The Bertz CT molecular complexity index is 392. The summed E-state index contributed by atoms with van der Waals surface area (Å²) in [7, 11) is 0. The Morgan fingerprint density at radius 2 is 2.12 bits per heavy atom. The van der Waals surface area contributed by atoms with E-state index in [0.717, 1.165) is 12.1 Å². The van der Waals surface area contributed by atoms with E-state index in [9.17, 15) is 4.79 Å². The van der Waals surface area contributed by atoms with E-state index in [2.05, 4.69) is 13.0 Å². The van der Waals surface area contributed by atoms with E-state index in [1.54, 1.807) is 6.92 Å². The number of halogens is 1.